The average molecular weight is 360 g/mol. The van der Waals surface area contributed by atoms with Gasteiger partial charge in [0.2, 0.25) is 0 Å². The Morgan fingerprint density at radius 2 is 2.20 bits per heavy atom. The number of anilines is 1. The Bertz CT molecular complexity index is 898. The first-order valence-electron chi connectivity index (χ1n) is 8.69. The van der Waals surface area contributed by atoms with Crippen molar-refractivity contribution in [2.75, 3.05) is 11.4 Å². The number of aromatic amines is 1. The van der Waals surface area contributed by atoms with E-state index in [0.29, 0.717) is 5.92 Å². The van der Waals surface area contributed by atoms with E-state index < -0.39 is 0 Å². The number of rotatable bonds is 4. The van der Waals surface area contributed by atoms with Crippen LogP contribution in [-0.2, 0) is 6.54 Å². The average Bonchev–Trinajstić information content (AvgIpc) is 3.26. The normalized spacial score (nSPS) is 18.0. The SMILES string of the molecule is Cc1nn(CC(C)C)c(Cl)c1C1CCCN1c1ncnc2[nH]ncc12. The zero-order valence-electron chi connectivity index (χ0n) is 14.7. The molecule has 1 saturated heterocycles. The number of halogens is 1. The van der Waals surface area contributed by atoms with Crippen molar-refractivity contribution in [3.05, 3.63) is 28.9 Å². The quantitative estimate of drug-likeness (QED) is 0.771. The Morgan fingerprint density at radius 3 is 3.00 bits per heavy atom. The molecule has 7 nitrogen and oxygen atoms in total. The molecule has 4 rings (SSSR count). The summed E-state index contributed by atoms with van der Waals surface area (Å²) in [7, 11) is 0. The summed E-state index contributed by atoms with van der Waals surface area (Å²) in [5.41, 5.74) is 2.88. The lowest BCUT2D eigenvalue weighted by atomic mass is 10.1. The third-order valence-corrected chi connectivity index (χ3v) is 5.13. The fourth-order valence-corrected chi connectivity index (χ4v) is 4.08. The van der Waals surface area contributed by atoms with Gasteiger partial charge in [-0.25, -0.2) is 9.97 Å². The molecule has 3 aromatic heterocycles. The van der Waals surface area contributed by atoms with Crippen molar-refractivity contribution in [3.8, 4) is 0 Å². The number of fused-ring (bicyclic) bond motifs is 1. The first-order chi connectivity index (χ1) is 12.1. The molecule has 8 heteroatoms. The molecule has 0 aromatic carbocycles. The summed E-state index contributed by atoms with van der Waals surface area (Å²) in [5.74, 6) is 1.41. The first kappa shape index (κ1) is 16.3. The van der Waals surface area contributed by atoms with Crippen LogP contribution in [0.5, 0.6) is 0 Å². The Labute approximate surface area is 151 Å². The van der Waals surface area contributed by atoms with Gasteiger partial charge < -0.3 is 4.90 Å². The van der Waals surface area contributed by atoms with Crippen LogP contribution in [0, 0.1) is 12.8 Å². The number of hydrogen-bond donors (Lipinski definition) is 1. The zero-order valence-corrected chi connectivity index (χ0v) is 15.5. The second-order valence-corrected chi connectivity index (χ2v) is 7.40. The van der Waals surface area contributed by atoms with Gasteiger partial charge in [0, 0.05) is 18.7 Å². The van der Waals surface area contributed by atoms with Crippen LogP contribution in [0.15, 0.2) is 12.5 Å². The van der Waals surface area contributed by atoms with Crippen LogP contribution in [0.2, 0.25) is 5.15 Å². The van der Waals surface area contributed by atoms with Gasteiger partial charge in [0.05, 0.1) is 23.3 Å². The van der Waals surface area contributed by atoms with Gasteiger partial charge in [-0.15, -0.1) is 0 Å². The van der Waals surface area contributed by atoms with Crippen LogP contribution in [0.25, 0.3) is 11.0 Å². The minimum atomic E-state index is 0.182. The maximum Gasteiger partial charge on any atom is 0.160 e. The van der Waals surface area contributed by atoms with Gasteiger partial charge >= 0.3 is 0 Å². The van der Waals surface area contributed by atoms with Crippen LogP contribution in [0.1, 0.15) is 44.0 Å². The van der Waals surface area contributed by atoms with Gasteiger partial charge in [0.25, 0.3) is 0 Å². The van der Waals surface area contributed by atoms with Crippen LogP contribution >= 0.6 is 11.6 Å². The molecule has 1 N–H and O–H groups in total. The minimum Gasteiger partial charge on any atom is -0.349 e. The third-order valence-electron chi connectivity index (χ3n) is 4.73. The largest absolute Gasteiger partial charge is 0.349 e. The lowest BCUT2D eigenvalue weighted by Gasteiger charge is -2.26. The number of aromatic nitrogens is 6. The molecule has 0 spiro atoms. The minimum absolute atomic E-state index is 0.182. The predicted molar refractivity (Wildman–Crippen MR) is 97.8 cm³/mol. The van der Waals surface area contributed by atoms with Crippen molar-refractivity contribution >= 4 is 28.5 Å². The molecule has 1 aliphatic rings. The highest BCUT2D eigenvalue weighted by Gasteiger charge is 2.33. The highest BCUT2D eigenvalue weighted by atomic mass is 35.5. The van der Waals surface area contributed by atoms with E-state index in [-0.39, 0.29) is 6.04 Å². The smallest absolute Gasteiger partial charge is 0.160 e. The Balaban J connectivity index is 1.76. The number of H-pyrrole nitrogens is 1. The van der Waals surface area contributed by atoms with E-state index in [1.807, 2.05) is 11.6 Å². The lowest BCUT2D eigenvalue weighted by Crippen LogP contribution is -2.24. The van der Waals surface area contributed by atoms with E-state index in [2.05, 4.69) is 44.0 Å². The number of hydrogen-bond acceptors (Lipinski definition) is 5. The molecule has 1 atom stereocenters. The summed E-state index contributed by atoms with van der Waals surface area (Å²) < 4.78 is 1.93. The molecule has 1 fully saturated rings. The maximum atomic E-state index is 6.73. The summed E-state index contributed by atoms with van der Waals surface area (Å²) in [5, 5.41) is 13.4. The summed E-state index contributed by atoms with van der Waals surface area (Å²) in [6.45, 7) is 8.15. The maximum absolute atomic E-state index is 6.73. The molecule has 132 valence electrons. The standard InChI is InChI=1S/C17H22ClN7/c1-10(2)8-25-15(18)14(11(3)23-25)13-5-4-6-24(13)17-12-7-21-22-16(12)19-9-20-17/h7,9-10,13H,4-6,8H2,1-3H3,(H,19,20,21,22). The summed E-state index contributed by atoms with van der Waals surface area (Å²) in [6, 6.07) is 0.182. The fourth-order valence-electron chi connectivity index (χ4n) is 3.71. The molecule has 1 aliphatic heterocycles. The monoisotopic (exact) mass is 359 g/mol. The number of aryl methyl sites for hydroxylation is 1. The highest BCUT2D eigenvalue weighted by Crippen LogP contribution is 2.41. The molecular weight excluding hydrogens is 338 g/mol. The van der Waals surface area contributed by atoms with Crippen molar-refractivity contribution in [3.63, 3.8) is 0 Å². The highest BCUT2D eigenvalue weighted by molar-refractivity contribution is 6.30. The van der Waals surface area contributed by atoms with Gasteiger partial charge in [-0.3, -0.25) is 9.78 Å². The summed E-state index contributed by atoms with van der Waals surface area (Å²) in [4.78, 5) is 11.1. The Morgan fingerprint density at radius 1 is 1.36 bits per heavy atom. The molecular formula is C17H22ClN7. The van der Waals surface area contributed by atoms with Gasteiger partial charge in [-0.2, -0.15) is 10.2 Å². The fraction of sp³-hybridized carbons (Fsp3) is 0.529. The van der Waals surface area contributed by atoms with Crippen molar-refractivity contribution in [1.82, 2.24) is 29.9 Å². The molecule has 25 heavy (non-hydrogen) atoms. The van der Waals surface area contributed by atoms with Gasteiger partial charge in [0.15, 0.2) is 5.65 Å². The Hall–Kier alpha value is -2.15. The molecule has 3 aromatic rings. The van der Waals surface area contributed by atoms with Crippen molar-refractivity contribution < 1.29 is 0 Å². The van der Waals surface area contributed by atoms with E-state index >= 15 is 0 Å². The second kappa shape index (κ2) is 6.29. The van der Waals surface area contributed by atoms with E-state index in [4.69, 9.17) is 11.6 Å². The molecule has 0 saturated carbocycles. The van der Waals surface area contributed by atoms with Crippen LogP contribution < -0.4 is 4.90 Å². The molecule has 1 unspecified atom stereocenters. The zero-order chi connectivity index (χ0) is 17.6. The van der Waals surface area contributed by atoms with Crippen molar-refractivity contribution in [1.29, 1.82) is 0 Å². The van der Waals surface area contributed by atoms with E-state index in [0.717, 1.165) is 59.2 Å². The van der Waals surface area contributed by atoms with Crippen LogP contribution in [-0.4, -0.2) is 36.5 Å². The van der Waals surface area contributed by atoms with Crippen LogP contribution in [0.4, 0.5) is 5.82 Å². The summed E-state index contributed by atoms with van der Waals surface area (Å²) >= 11 is 6.73. The molecule has 0 amide bonds. The van der Waals surface area contributed by atoms with E-state index in [1.165, 1.54) is 0 Å². The predicted octanol–water partition coefficient (Wildman–Crippen LogP) is 3.51. The van der Waals surface area contributed by atoms with Gasteiger partial charge in [0.1, 0.15) is 17.3 Å². The topological polar surface area (TPSA) is 75.5 Å². The third kappa shape index (κ3) is 2.76. The molecule has 0 radical (unpaired) electrons. The molecule has 4 heterocycles. The number of nitrogens with zero attached hydrogens (tertiary/aromatic N) is 6. The van der Waals surface area contributed by atoms with Gasteiger partial charge in [-0.1, -0.05) is 25.4 Å². The molecule has 0 aliphatic carbocycles. The van der Waals surface area contributed by atoms with E-state index in [9.17, 15) is 0 Å². The number of nitrogens with one attached hydrogen (secondary N) is 1. The summed E-state index contributed by atoms with van der Waals surface area (Å²) in [6.07, 6.45) is 5.51. The van der Waals surface area contributed by atoms with E-state index in [1.54, 1.807) is 12.5 Å². The van der Waals surface area contributed by atoms with Gasteiger partial charge in [-0.05, 0) is 25.7 Å². The lowest BCUT2D eigenvalue weighted by molar-refractivity contribution is 0.481. The van der Waals surface area contributed by atoms with Crippen molar-refractivity contribution in [2.24, 2.45) is 5.92 Å². The second-order valence-electron chi connectivity index (χ2n) is 7.05. The van der Waals surface area contributed by atoms with Crippen LogP contribution in [0.3, 0.4) is 0 Å². The first-order valence-corrected chi connectivity index (χ1v) is 9.07. The molecule has 0 bridgehead atoms. The Kier molecular flexibility index (Phi) is 4.11. The van der Waals surface area contributed by atoms with Crippen molar-refractivity contribution in [2.45, 2.75) is 46.2 Å².